The number of nitrogens with zero attached hydrogens (tertiary/aromatic N) is 3. The molecule has 3 aromatic rings. The summed E-state index contributed by atoms with van der Waals surface area (Å²) in [6, 6.07) is 18.8. The van der Waals surface area contributed by atoms with Crippen molar-refractivity contribution < 1.29 is 14.6 Å². The number of aliphatic hydroxyl groups is 1. The van der Waals surface area contributed by atoms with Crippen molar-refractivity contribution in [1.29, 1.82) is 0 Å². The highest BCUT2D eigenvalue weighted by Gasteiger charge is 2.33. The zero-order chi connectivity index (χ0) is 22.5. The van der Waals surface area contributed by atoms with Crippen molar-refractivity contribution in [2.24, 2.45) is 7.05 Å². The van der Waals surface area contributed by atoms with E-state index in [1.165, 1.54) is 5.56 Å². The maximum atomic E-state index is 10.5. The van der Waals surface area contributed by atoms with Crippen LogP contribution >= 0.6 is 0 Å². The fraction of sp³-hybridized carbons (Fsp3) is 0.423. The van der Waals surface area contributed by atoms with E-state index in [9.17, 15) is 5.11 Å². The second-order valence-corrected chi connectivity index (χ2v) is 8.51. The number of aromatic nitrogens is 2. The van der Waals surface area contributed by atoms with E-state index in [-0.39, 0.29) is 0 Å². The summed E-state index contributed by atoms with van der Waals surface area (Å²) >= 11 is 0. The van der Waals surface area contributed by atoms with Crippen LogP contribution < -0.4 is 4.74 Å². The molecular formula is C26H33N3O3. The van der Waals surface area contributed by atoms with E-state index in [0.29, 0.717) is 32.3 Å². The number of hydrogen-bond donors (Lipinski definition) is 1. The summed E-state index contributed by atoms with van der Waals surface area (Å²) in [5.41, 5.74) is 4.20. The number of rotatable bonds is 11. The highest BCUT2D eigenvalue weighted by molar-refractivity contribution is 5.65. The summed E-state index contributed by atoms with van der Waals surface area (Å²) in [5.74, 6) is 1.52. The lowest BCUT2D eigenvalue weighted by molar-refractivity contribution is 0.0178. The fourth-order valence-electron chi connectivity index (χ4n) is 3.93. The van der Waals surface area contributed by atoms with Gasteiger partial charge in [0.25, 0.3) is 0 Å². The number of aryl methyl sites for hydroxylation is 2. The van der Waals surface area contributed by atoms with Gasteiger partial charge in [0, 0.05) is 38.3 Å². The first-order valence-electron chi connectivity index (χ1n) is 11.4. The van der Waals surface area contributed by atoms with Gasteiger partial charge in [0.1, 0.15) is 11.4 Å². The van der Waals surface area contributed by atoms with Crippen LogP contribution in [0.2, 0.25) is 0 Å². The molecule has 6 nitrogen and oxygen atoms in total. The minimum atomic E-state index is -0.520. The van der Waals surface area contributed by atoms with Crippen LogP contribution in [0.4, 0.5) is 0 Å². The zero-order valence-electron chi connectivity index (χ0n) is 19.2. The molecule has 0 radical (unpaired) electrons. The van der Waals surface area contributed by atoms with E-state index in [1.54, 1.807) is 0 Å². The van der Waals surface area contributed by atoms with Crippen molar-refractivity contribution in [3.05, 3.63) is 65.7 Å². The summed E-state index contributed by atoms with van der Waals surface area (Å²) < 4.78 is 13.6. The first-order chi connectivity index (χ1) is 15.5. The van der Waals surface area contributed by atoms with Gasteiger partial charge in [-0.1, -0.05) is 48.0 Å². The second-order valence-electron chi connectivity index (χ2n) is 8.51. The molecule has 0 spiro atoms. The highest BCUT2D eigenvalue weighted by atomic mass is 16.5. The summed E-state index contributed by atoms with van der Waals surface area (Å²) in [6.07, 6.45) is 1.78. The van der Waals surface area contributed by atoms with Crippen LogP contribution in [0.25, 0.3) is 11.3 Å². The lowest BCUT2D eigenvalue weighted by atomic mass is 10.1. The van der Waals surface area contributed by atoms with Crippen molar-refractivity contribution in [3.63, 3.8) is 0 Å². The van der Waals surface area contributed by atoms with E-state index < -0.39 is 6.10 Å². The van der Waals surface area contributed by atoms with Crippen LogP contribution in [0.15, 0.2) is 54.6 Å². The molecule has 0 aliphatic heterocycles. The molecule has 1 unspecified atom stereocenters. The van der Waals surface area contributed by atoms with E-state index in [1.807, 2.05) is 61.1 Å². The van der Waals surface area contributed by atoms with Gasteiger partial charge >= 0.3 is 0 Å². The third kappa shape index (κ3) is 5.57. The molecule has 1 saturated carbocycles. The minimum absolute atomic E-state index is 0.352. The van der Waals surface area contributed by atoms with Crippen LogP contribution in [-0.4, -0.2) is 51.7 Å². The molecule has 1 fully saturated rings. The Morgan fingerprint density at radius 3 is 2.50 bits per heavy atom. The minimum Gasteiger partial charge on any atom is -0.439 e. The SMILES string of the molecule is CCOCC(O)CN(Cc1c(-c2ccccc2)nn(C)c1Oc1ccc(C)cc1)C1CC1. The van der Waals surface area contributed by atoms with Crippen molar-refractivity contribution in [1.82, 2.24) is 14.7 Å². The van der Waals surface area contributed by atoms with Crippen LogP contribution in [0.5, 0.6) is 11.6 Å². The molecule has 4 rings (SSSR count). The van der Waals surface area contributed by atoms with E-state index >= 15 is 0 Å². The first kappa shape index (κ1) is 22.5. The Morgan fingerprint density at radius 1 is 1.12 bits per heavy atom. The fourth-order valence-corrected chi connectivity index (χ4v) is 3.93. The second kappa shape index (κ2) is 10.3. The molecule has 6 heteroatoms. The number of aliphatic hydroxyl groups excluding tert-OH is 1. The lowest BCUT2D eigenvalue weighted by Crippen LogP contribution is -2.36. The molecule has 0 saturated heterocycles. The van der Waals surface area contributed by atoms with E-state index in [4.69, 9.17) is 14.6 Å². The van der Waals surface area contributed by atoms with Crippen LogP contribution in [0.3, 0.4) is 0 Å². The Balaban J connectivity index is 1.66. The van der Waals surface area contributed by atoms with Gasteiger partial charge in [-0.2, -0.15) is 5.10 Å². The molecule has 1 aromatic heterocycles. The van der Waals surface area contributed by atoms with Gasteiger partial charge in [-0.3, -0.25) is 4.90 Å². The zero-order valence-corrected chi connectivity index (χ0v) is 19.2. The Bertz CT molecular complexity index is 997. The third-order valence-electron chi connectivity index (χ3n) is 5.75. The molecule has 0 amide bonds. The van der Waals surface area contributed by atoms with Crippen molar-refractivity contribution in [3.8, 4) is 22.9 Å². The first-order valence-corrected chi connectivity index (χ1v) is 11.4. The molecule has 32 heavy (non-hydrogen) atoms. The van der Waals surface area contributed by atoms with E-state index in [0.717, 1.165) is 41.3 Å². The number of benzene rings is 2. The maximum Gasteiger partial charge on any atom is 0.222 e. The predicted molar refractivity (Wildman–Crippen MR) is 126 cm³/mol. The average molecular weight is 436 g/mol. The van der Waals surface area contributed by atoms with Gasteiger partial charge < -0.3 is 14.6 Å². The topological polar surface area (TPSA) is 59.8 Å². The van der Waals surface area contributed by atoms with Crippen LogP contribution in [-0.2, 0) is 18.3 Å². The molecule has 1 atom stereocenters. The Hall–Kier alpha value is -2.67. The lowest BCUT2D eigenvalue weighted by Gasteiger charge is -2.25. The third-order valence-corrected chi connectivity index (χ3v) is 5.75. The average Bonchev–Trinajstić information content (AvgIpc) is 3.60. The number of hydrogen-bond acceptors (Lipinski definition) is 5. The van der Waals surface area contributed by atoms with Gasteiger partial charge in [0.05, 0.1) is 18.3 Å². The normalized spacial score (nSPS) is 14.7. The molecular weight excluding hydrogens is 402 g/mol. The van der Waals surface area contributed by atoms with Gasteiger partial charge in [-0.05, 0) is 38.8 Å². The molecule has 1 aliphatic rings. The molecule has 1 heterocycles. The van der Waals surface area contributed by atoms with Gasteiger partial charge in [-0.25, -0.2) is 4.68 Å². The summed E-state index contributed by atoms with van der Waals surface area (Å²) in [6.45, 7) is 6.20. The van der Waals surface area contributed by atoms with Crippen molar-refractivity contribution in [2.75, 3.05) is 19.8 Å². The molecule has 1 N–H and O–H groups in total. The Kier molecular flexibility index (Phi) is 7.25. The van der Waals surface area contributed by atoms with Gasteiger partial charge in [0.15, 0.2) is 0 Å². The highest BCUT2D eigenvalue weighted by Crippen LogP contribution is 2.37. The molecule has 0 bridgehead atoms. The smallest absolute Gasteiger partial charge is 0.222 e. The Morgan fingerprint density at radius 2 is 1.84 bits per heavy atom. The van der Waals surface area contributed by atoms with Gasteiger partial charge in [0.2, 0.25) is 5.88 Å². The van der Waals surface area contributed by atoms with E-state index in [2.05, 4.69) is 24.0 Å². The Labute approximate surface area is 190 Å². The summed E-state index contributed by atoms with van der Waals surface area (Å²) in [7, 11) is 1.92. The maximum absolute atomic E-state index is 10.5. The monoisotopic (exact) mass is 435 g/mol. The standard InChI is InChI=1S/C26H33N3O3/c1-4-31-18-22(30)16-29(21-12-13-21)17-24-25(20-8-6-5-7-9-20)27-28(3)26(24)32-23-14-10-19(2)11-15-23/h5-11,14-15,21-22,30H,4,12-13,16-18H2,1-3H3. The van der Waals surface area contributed by atoms with Crippen molar-refractivity contribution >= 4 is 0 Å². The van der Waals surface area contributed by atoms with Gasteiger partial charge in [-0.15, -0.1) is 0 Å². The van der Waals surface area contributed by atoms with Crippen LogP contribution in [0.1, 0.15) is 30.9 Å². The molecule has 170 valence electrons. The summed E-state index contributed by atoms with van der Waals surface area (Å²) in [5, 5.41) is 15.3. The van der Waals surface area contributed by atoms with Crippen LogP contribution in [0, 0.1) is 6.92 Å². The predicted octanol–water partition coefficient (Wildman–Crippen LogP) is 4.55. The quantitative estimate of drug-likeness (QED) is 0.479. The largest absolute Gasteiger partial charge is 0.439 e. The number of ether oxygens (including phenoxy) is 2. The van der Waals surface area contributed by atoms with Crippen molar-refractivity contribution in [2.45, 2.75) is 45.4 Å². The molecule has 1 aliphatic carbocycles. The molecule has 2 aromatic carbocycles. The summed E-state index contributed by atoms with van der Waals surface area (Å²) in [4.78, 5) is 2.34.